The summed E-state index contributed by atoms with van der Waals surface area (Å²) in [6.07, 6.45) is 1.26. The number of benzene rings is 1. The zero-order chi connectivity index (χ0) is 10.0. The first-order valence-electron chi connectivity index (χ1n) is 2.98. The van der Waals surface area contributed by atoms with Crippen LogP contribution in [0.25, 0.3) is 0 Å². The van der Waals surface area contributed by atoms with Gasteiger partial charge >= 0.3 is 0 Å². The first-order valence-corrected chi connectivity index (χ1v) is 4.53. The van der Waals surface area contributed by atoms with Gasteiger partial charge in [0.15, 0.2) is 5.82 Å². The van der Waals surface area contributed by atoms with E-state index in [1.165, 1.54) is 12.1 Å². The lowest BCUT2D eigenvalue weighted by atomic mass is 10.3. The molecular formula is C7HBrCl2FNO. The molecule has 0 saturated heterocycles. The summed E-state index contributed by atoms with van der Waals surface area (Å²) >= 11 is 14.0. The van der Waals surface area contributed by atoms with E-state index in [4.69, 9.17) is 23.2 Å². The molecule has 13 heavy (non-hydrogen) atoms. The Hall–Kier alpha value is -0.410. The van der Waals surface area contributed by atoms with Crippen molar-refractivity contribution >= 4 is 50.9 Å². The first-order chi connectivity index (χ1) is 6.07. The summed E-state index contributed by atoms with van der Waals surface area (Å²) in [6.45, 7) is 0. The highest BCUT2D eigenvalue weighted by Crippen LogP contribution is 2.38. The Labute approximate surface area is 91.5 Å². The van der Waals surface area contributed by atoms with Crippen molar-refractivity contribution in [3.05, 3.63) is 26.4 Å². The molecule has 0 heterocycles. The predicted molar refractivity (Wildman–Crippen MR) is 51.9 cm³/mol. The Kier molecular flexibility index (Phi) is 3.45. The average Bonchev–Trinajstić information content (AvgIpc) is 2.09. The van der Waals surface area contributed by atoms with Gasteiger partial charge in [-0.25, -0.2) is 9.18 Å². The highest BCUT2D eigenvalue weighted by molar-refractivity contribution is 9.10. The van der Waals surface area contributed by atoms with Crippen molar-refractivity contribution in [3.8, 4) is 0 Å². The van der Waals surface area contributed by atoms with Crippen LogP contribution in [0.5, 0.6) is 0 Å². The number of isocyanates is 1. The molecule has 0 unspecified atom stereocenters. The van der Waals surface area contributed by atoms with Crippen LogP contribution in [0.3, 0.4) is 0 Å². The molecule has 68 valence electrons. The minimum Gasteiger partial charge on any atom is -0.211 e. The van der Waals surface area contributed by atoms with Crippen molar-refractivity contribution in [2.45, 2.75) is 0 Å². The van der Waals surface area contributed by atoms with E-state index >= 15 is 0 Å². The molecule has 0 aromatic heterocycles. The van der Waals surface area contributed by atoms with E-state index in [0.29, 0.717) is 4.47 Å². The Morgan fingerprint density at radius 2 is 2.15 bits per heavy atom. The summed E-state index contributed by atoms with van der Waals surface area (Å²) in [7, 11) is 0. The summed E-state index contributed by atoms with van der Waals surface area (Å²) in [6, 6.07) is 1.26. The van der Waals surface area contributed by atoms with Crippen LogP contribution in [0.1, 0.15) is 0 Å². The minimum absolute atomic E-state index is 0.0152. The molecule has 0 bridgehead atoms. The molecular weight excluding hydrogens is 284 g/mol. The maximum atomic E-state index is 13.0. The predicted octanol–water partition coefficient (Wildman–Crippen LogP) is 3.86. The Balaban J connectivity index is 3.52. The van der Waals surface area contributed by atoms with Gasteiger partial charge in [-0.1, -0.05) is 23.2 Å². The SMILES string of the molecule is O=C=Nc1c(Br)cc(Cl)c(F)c1Cl. The van der Waals surface area contributed by atoms with E-state index < -0.39 is 5.82 Å². The highest BCUT2D eigenvalue weighted by atomic mass is 79.9. The van der Waals surface area contributed by atoms with E-state index in [2.05, 4.69) is 20.9 Å². The fraction of sp³-hybridized carbons (Fsp3) is 0. The van der Waals surface area contributed by atoms with Crippen molar-refractivity contribution in [2.75, 3.05) is 0 Å². The number of hydrogen-bond donors (Lipinski definition) is 0. The van der Waals surface area contributed by atoms with Gasteiger partial charge in [0.05, 0.1) is 5.02 Å². The third kappa shape index (κ3) is 2.09. The topological polar surface area (TPSA) is 29.4 Å². The number of rotatable bonds is 1. The molecule has 0 N–H and O–H groups in total. The summed E-state index contributed by atoms with van der Waals surface area (Å²) < 4.78 is 13.4. The third-order valence-corrected chi connectivity index (χ3v) is 2.47. The molecule has 0 aliphatic heterocycles. The molecule has 0 fully saturated rings. The van der Waals surface area contributed by atoms with Gasteiger partial charge in [0.2, 0.25) is 6.08 Å². The van der Waals surface area contributed by atoms with Gasteiger partial charge in [0.1, 0.15) is 10.7 Å². The fourth-order valence-corrected chi connectivity index (χ4v) is 1.96. The summed E-state index contributed by atoms with van der Waals surface area (Å²) in [4.78, 5) is 13.2. The minimum atomic E-state index is -0.805. The molecule has 0 aliphatic rings. The molecule has 6 heteroatoms. The van der Waals surface area contributed by atoms with Crippen molar-refractivity contribution < 1.29 is 9.18 Å². The van der Waals surface area contributed by atoms with E-state index in [-0.39, 0.29) is 15.7 Å². The van der Waals surface area contributed by atoms with Gasteiger partial charge in [-0.2, -0.15) is 4.99 Å². The van der Waals surface area contributed by atoms with E-state index in [0.717, 1.165) is 0 Å². The lowest BCUT2D eigenvalue weighted by Crippen LogP contribution is -1.81. The molecule has 0 amide bonds. The lowest BCUT2D eigenvalue weighted by Gasteiger charge is -2.02. The Morgan fingerprint density at radius 3 is 2.69 bits per heavy atom. The van der Waals surface area contributed by atoms with Crippen LogP contribution in [0.4, 0.5) is 10.1 Å². The number of carbonyl (C=O) groups excluding carboxylic acids is 1. The molecule has 0 spiro atoms. The van der Waals surface area contributed by atoms with Gasteiger partial charge in [-0.05, 0) is 22.0 Å². The van der Waals surface area contributed by atoms with E-state index in [1.807, 2.05) is 0 Å². The van der Waals surface area contributed by atoms with Crippen LogP contribution in [0.15, 0.2) is 15.5 Å². The second-order valence-corrected chi connectivity index (χ2v) is 3.66. The van der Waals surface area contributed by atoms with Gasteiger partial charge < -0.3 is 0 Å². The lowest BCUT2D eigenvalue weighted by molar-refractivity contribution is 0.565. The number of aliphatic imine (C=N–C) groups is 1. The molecule has 0 atom stereocenters. The van der Waals surface area contributed by atoms with Crippen LogP contribution in [-0.2, 0) is 4.79 Å². The second-order valence-electron chi connectivity index (χ2n) is 2.02. The van der Waals surface area contributed by atoms with Crippen LogP contribution in [-0.4, -0.2) is 6.08 Å². The van der Waals surface area contributed by atoms with Gasteiger partial charge in [-0.3, -0.25) is 0 Å². The molecule has 1 rings (SSSR count). The smallest absolute Gasteiger partial charge is 0.211 e. The largest absolute Gasteiger partial charge is 0.240 e. The molecule has 1 aromatic carbocycles. The summed E-state index contributed by atoms with van der Waals surface area (Å²) in [5.41, 5.74) is -0.0152. The summed E-state index contributed by atoms with van der Waals surface area (Å²) in [5.74, 6) is -0.805. The molecule has 0 saturated carbocycles. The second kappa shape index (κ2) is 4.20. The molecule has 0 radical (unpaired) electrons. The third-order valence-electron chi connectivity index (χ3n) is 1.25. The normalized spacial score (nSPS) is 9.54. The number of nitrogens with zero attached hydrogens (tertiary/aromatic N) is 1. The van der Waals surface area contributed by atoms with Crippen molar-refractivity contribution in [1.82, 2.24) is 0 Å². The highest BCUT2D eigenvalue weighted by Gasteiger charge is 2.13. The number of hydrogen-bond acceptors (Lipinski definition) is 2. The van der Waals surface area contributed by atoms with Crippen molar-refractivity contribution in [1.29, 1.82) is 0 Å². The quantitative estimate of drug-likeness (QED) is 0.333. The maximum absolute atomic E-state index is 13.0. The zero-order valence-electron chi connectivity index (χ0n) is 5.94. The van der Waals surface area contributed by atoms with Gasteiger partial charge in [0.25, 0.3) is 0 Å². The number of halogens is 4. The zero-order valence-corrected chi connectivity index (χ0v) is 9.04. The first kappa shape index (κ1) is 10.7. The molecule has 1 aromatic rings. The standard InChI is InChI=1S/C7HBrCl2FNO/c8-3-1-4(9)6(11)5(10)7(3)12-2-13/h1H. The van der Waals surface area contributed by atoms with Crippen LogP contribution in [0.2, 0.25) is 10.0 Å². The van der Waals surface area contributed by atoms with Crippen LogP contribution < -0.4 is 0 Å². The van der Waals surface area contributed by atoms with Crippen molar-refractivity contribution in [2.24, 2.45) is 4.99 Å². The van der Waals surface area contributed by atoms with Gasteiger partial charge in [0, 0.05) is 4.47 Å². The monoisotopic (exact) mass is 283 g/mol. The van der Waals surface area contributed by atoms with Crippen LogP contribution in [0, 0.1) is 5.82 Å². The molecule has 2 nitrogen and oxygen atoms in total. The maximum Gasteiger partial charge on any atom is 0.240 e. The van der Waals surface area contributed by atoms with Crippen LogP contribution >= 0.6 is 39.1 Å². The van der Waals surface area contributed by atoms with E-state index in [1.54, 1.807) is 0 Å². The molecule has 0 aliphatic carbocycles. The Bertz CT molecular complexity index is 404. The summed E-state index contributed by atoms with van der Waals surface area (Å²) in [5, 5.41) is -0.440. The van der Waals surface area contributed by atoms with Gasteiger partial charge in [-0.15, -0.1) is 0 Å². The Morgan fingerprint density at radius 1 is 1.54 bits per heavy atom. The average molecular weight is 285 g/mol. The van der Waals surface area contributed by atoms with E-state index in [9.17, 15) is 9.18 Å². The fourth-order valence-electron chi connectivity index (χ4n) is 0.705. The van der Waals surface area contributed by atoms with Crippen molar-refractivity contribution in [3.63, 3.8) is 0 Å².